The lowest BCUT2D eigenvalue weighted by Gasteiger charge is -2.26. The first-order chi connectivity index (χ1) is 68.0. The molecule has 28 N–H and O–H groups in total. The maximum atomic E-state index is 12.3. The highest BCUT2D eigenvalue weighted by Crippen LogP contribution is 2.47. The SMILES string of the molecule is COc1nc(C)nc2c1ncn2[C@@H]1O[C@H](COP(=O)(O)O)[C@@H](O)[C@H]1O.Cc1nc(Cl)c2ncn([C@@H]3O[C@H](COP(=O)(O)O)[C@@H](O)[C@H]3O)c2n1.Cc1nc2c(c(=O)[nH]1)CC(=O)N2[C@@H]1O[C@H](COP(=O)(O)O)[C@@H](O)[C@H]1O.Cc1nc2c(ccn2[C@@H]2O[C@H](COP(=O)(O)O)[C@@H](O)[C@H]2O)c(=O)[nH]1.Cc1nc2c(ncn2[C@@H]2O[C@H](COP(=O)(O)O)[C@@H](O)[C@H]2O)c(=O)n1C.Nc1ccnc2c1ncn2[C@@H]1O[C@H](COP(=O)(O)O)[C@@H](O)[C@H]1O. The summed E-state index contributed by atoms with van der Waals surface area (Å²) >= 11 is 5.99. The lowest BCUT2D eigenvalue weighted by molar-refractivity contribution is -0.121. The molecule has 6 fully saturated rings. The number of nitrogens with zero attached hydrogens (tertiary/aromatic N) is 19. The van der Waals surface area contributed by atoms with Crippen LogP contribution in [0.25, 0.3) is 55.7 Å². The molecule has 0 bridgehead atoms. The van der Waals surface area contributed by atoms with Crippen LogP contribution >= 0.6 is 58.5 Å². The number of nitrogen functional groups attached to an aromatic ring is 1. The van der Waals surface area contributed by atoms with Crippen molar-refractivity contribution in [1.29, 1.82) is 0 Å². The summed E-state index contributed by atoms with van der Waals surface area (Å²) in [6.07, 6.45) is -23.1. The monoisotopic (exact) mass is 2220 g/mol. The number of nitrogens with one attached hydrogen (secondary N) is 2. The largest absolute Gasteiger partial charge is 0.479 e. The molecule has 18 heterocycles. The van der Waals surface area contributed by atoms with Crippen molar-refractivity contribution in [2.24, 2.45) is 7.05 Å². The zero-order valence-corrected chi connectivity index (χ0v) is 81.8. The number of imidazole rings is 4. The van der Waals surface area contributed by atoms with Crippen LogP contribution < -0.4 is 32.0 Å². The maximum absolute atomic E-state index is 12.3. The number of carbonyl (C=O) groups excluding carboxylic acids is 1. The van der Waals surface area contributed by atoms with E-state index in [1.165, 1.54) is 85.2 Å². The van der Waals surface area contributed by atoms with Gasteiger partial charge in [0, 0.05) is 19.4 Å². The number of fused-ring (bicyclic) bond motifs is 6. The quantitative estimate of drug-likeness (QED) is 0.0187. The van der Waals surface area contributed by atoms with E-state index in [0.29, 0.717) is 62.5 Å². The number of aliphatic hydroxyl groups excluding tert-OH is 12. The van der Waals surface area contributed by atoms with Gasteiger partial charge in [-0.05, 0) is 46.8 Å². The molecular weight excluding hydrogens is 2120 g/mol. The van der Waals surface area contributed by atoms with Crippen LogP contribution in [-0.2, 0) is 101 Å². The van der Waals surface area contributed by atoms with Gasteiger partial charge in [0.2, 0.25) is 11.8 Å². The lowest BCUT2D eigenvalue weighted by Crippen LogP contribution is -2.46. The van der Waals surface area contributed by atoms with E-state index in [0.717, 1.165) is 4.90 Å². The molecule has 0 unspecified atom stereocenters. The molecule has 1 amide bonds. The molecule has 0 spiro atoms. The number of halogens is 1. The molecule has 0 aromatic carbocycles. The highest BCUT2D eigenvalue weighted by Gasteiger charge is 2.54. The van der Waals surface area contributed by atoms with Gasteiger partial charge in [0.1, 0.15) is 161 Å². The number of anilines is 2. The third-order valence-electron chi connectivity index (χ3n) is 22.4. The zero-order chi connectivity index (χ0) is 107. The second-order valence-electron chi connectivity index (χ2n) is 32.6. The van der Waals surface area contributed by atoms with Crippen LogP contribution in [0, 0.1) is 34.6 Å². The van der Waals surface area contributed by atoms with Crippen molar-refractivity contribution in [1.82, 2.24) is 97.2 Å². The van der Waals surface area contributed by atoms with Gasteiger partial charge in [-0.15, -0.1) is 0 Å². The molecule has 0 aliphatic carbocycles. The zero-order valence-electron chi connectivity index (χ0n) is 75.7. The molecular formula is C70H95ClN22O47P6. The Labute approximate surface area is 817 Å². The molecule has 146 heavy (non-hydrogen) atoms. The number of hydrogen-bond donors (Lipinski definition) is 27. The summed E-state index contributed by atoms with van der Waals surface area (Å²) in [5, 5.41) is 122. The van der Waals surface area contributed by atoms with Gasteiger partial charge in [0.05, 0.1) is 95.1 Å². The summed E-state index contributed by atoms with van der Waals surface area (Å²) in [5.41, 5.74) is 7.53. The van der Waals surface area contributed by atoms with Crippen molar-refractivity contribution in [3.63, 3.8) is 0 Å². The Morgan fingerprint density at radius 3 is 1.14 bits per heavy atom. The Bertz CT molecular complexity index is 7090. The Morgan fingerprint density at radius 2 is 0.733 bits per heavy atom. The molecule has 7 aliphatic heterocycles. The van der Waals surface area contributed by atoms with E-state index in [1.54, 1.807) is 40.8 Å². The van der Waals surface area contributed by atoms with E-state index in [2.05, 4.69) is 96.9 Å². The molecule has 69 nitrogen and oxygen atoms in total. The molecule has 0 saturated carbocycles. The van der Waals surface area contributed by atoms with Crippen LogP contribution in [0.1, 0.15) is 65.8 Å². The minimum absolute atomic E-state index is 0.0130. The summed E-state index contributed by atoms with van der Waals surface area (Å²) in [7, 11) is -25.5. The van der Waals surface area contributed by atoms with Gasteiger partial charge in [0.15, 0.2) is 76.1 Å². The number of phosphoric acid groups is 6. The fraction of sp³-hybridized carbons (Fsp3) is 0.543. The number of aromatic amines is 2. The van der Waals surface area contributed by atoms with Crippen LogP contribution in [0.3, 0.4) is 0 Å². The number of pyridine rings is 1. The molecule has 24 atom stereocenters. The summed E-state index contributed by atoms with van der Waals surface area (Å²) in [5.74, 6) is 1.50. The highest BCUT2D eigenvalue weighted by atomic mass is 35.5. The molecule has 11 aromatic heterocycles. The molecule has 7 aliphatic rings. The molecule has 18 rings (SSSR count). The Morgan fingerprint density at radius 1 is 0.397 bits per heavy atom. The Kier molecular flexibility index (Phi) is 35.1. The first kappa shape index (κ1) is 114. The molecule has 804 valence electrons. The number of nitrogens with two attached hydrogens (primary N) is 1. The molecule has 0 radical (unpaired) electrons. The number of carbonyl (C=O) groups is 1. The average molecular weight is 2220 g/mol. The Balaban J connectivity index is 0.000000147. The van der Waals surface area contributed by atoms with Crippen LogP contribution in [0.2, 0.25) is 5.15 Å². The smallest absolute Gasteiger partial charge is 0.469 e. The van der Waals surface area contributed by atoms with E-state index in [-0.39, 0.29) is 68.0 Å². The number of H-pyrrole nitrogens is 2. The minimum atomic E-state index is -4.80. The van der Waals surface area contributed by atoms with E-state index >= 15 is 0 Å². The third-order valence-corrected chi connectivity index (χ3v) is 25.6. The number of methoxy groups -OCH3 is 1. The van der Waals surface area contributed by atoms with Gasteiger partial charge in [-0.2, -0.15) is 4.98 Å². The van der Waals surface area contributed by atoms with Crippen molar-refractivity contribution in [2.75, 3.05) is 57.4 Å². The van der Waals surface area contributed by atoms with Gasteiger partial charge in [-0.1, -0.05) is 11.6 Å². The number of amides is 1. The lowest BCUT2D eigenvalue weighted by atomic mass is 10.1. The number of hydrogen-bond acceptors (Lipinski definition) is 48. The average Bonchev–Trinajstić information content (AvgIpc) is 1.60. The fourth-order valence-corrected chi connectivity index (χ4v) is 17.8. The molecule has 76 heteroatoms. The first-order valence-electron chi connectivity index (χ1n) is 41.9. The number of phosphoric ester groups is 6. The van der Waals surface area contributed by atoms with E-state index in [9.17, 15) is 108 Å². The predicted molar refractivity (Wildman–Crippen MR) is 475 cm³/mol. The molecule has 11 aromatic rings. The van der Waals surface area contributed by atoms with Gasteiger partial charge in [0.25, 0.3) is 16.7 Å². The van der Waals surface area contributed by atoms with Gasteiger partial charge in [-0.25, -0.2) is 82.2 Å². The number of aromatic nitrogens is 20. The second-order valence-corrected chi connectivity index (χ2v) is 40.4. The predicted octanol–water partition coefficient (Wildman–Crippen LogP) is -8.42. The van der Waals surface area contributed by atoms with Gasteiger partial charge < -0.3 is 173 Å². The number of aliphatic hydroxyl groups is 12. The van der Waals surface area contributed by atoms with Crippen LogP contribution in [0.4, 0.5) is 11.5 Å². The van der Waals surface area contributed by atoms with Crippen LogP contribution in [-0.4, -0.2) is 386 Å². The van der Waals surface area contributed by atoms with E-state index in [4.69, 9.17) is 109 Å². The third kappa shape index (κ3) is 26.1. The van der Waals surface area contributed by atoms with Gasteiger partial charge >= 0.3 is 46.9 Å². The summed E-state index contributed by atoms with van der Waals surface area (Å²) in [6, 6.07) is 3.06. The maximum Gasteiger partial charge on any atom is 0.469 e. The van der Waals surface area contributed by atoms with Crippen LogP contribution in [0.5, 0.6) is 5.88 Å². The van der Waals surface area contributed by atoms with Crippen molar-refractivity contribution in [2.45, 2.75) is 188 Å². The summed E-state index contributed by atoms with van der Waals surface area (Å²) < 4.78 is 136. The van der Waals surface area contributed by atoms with Crippen molar-refractivity contribution < 1.29 is 212 Å². The minimum Gasteiger partial charge on any atom is -0.479 e. The standard InChI is InChI=1S/2C12H17N4O8P.C12H16N3O9P.C12H16N3O8P.C11H14ClN4O7P.C11H15N4O7P/c1-5-14-10-7(11(15-5)22-2)13-4-16(10)12-9(18)8(17)6(24-12)3-23-25(19,20)21;1-5-14-10-7(11(19)15(5)2)13-4-16(10)12-9(18)8(17)6(24-12)3-23-25(20,21)22;1-4-13-10-5(11(19)14-4)2-7(16)15(10)12-9(18)8(17)6(24-12)3-23-25(20,21)22;1-5-13-10-6(11(18)14-5)2-3-15(10)12-9(17)8(16)7(23-12)4-22-24(19,20)21;1-4-14-9(12)6-10(15-4)16(3-13-6)11-8(18)7(17)5(23-11)2-22-24(19,20)21;12-5-1-2-13-10-7(5)14-4-15(10)11-9(17)8(16)6(22-11)3-21-23(18,19)20/h4,6,8-9,12,17-18H,3H2,1-2H3,(H2,19,20,21);4,6,8-9,12,17-18H,3H2,1-2H3,(H2,20,21,22);6,8-9,12,17-18H,2-3H2,1H3,(H,13,14,19)(H2,20,21,22);2-3,7-9,12,16-17H,4H2,1H3,(H,13,14,18)(H2,19,20,21);3,5,7-8,11,17-18H,2H2,1H3,(H2,19,20,21);1-2,4,6,8-9,11,16-17H,3H2,(H2,12,13)(H2,18,19,20)/t3*6-,8-,9-,12-;7-,8-,9-,12-;5-,7-,8-,11-;6-,8-,9-,11-/m111111/s1. The summed E-state index contributed by atoms with van der Waals surface area (Å²) in [6.45, 7) is 4.30. The topological polar surface area (TPSA) is 1020 Å². The highest BCUT2D eigenvalue weighted by molar-refractivity contribution is 7.47. The normalized spacial score (nSPS) is 28.0. The van der Waals surface area contributed by atoms with E-state index < -0.39 is 245 Å². The number of aryl methyl sites for hydroxylation is 5. The van der Waals surface area contributed by atoms with Crippen LogP contribution in [0.15, 0.2) is 64.2 Å². The van der Waals surface area contributed by atoms with Crippen molar-refractivity contribution in [3.05, 3.63) is 121 Å². The molecule has 6 saturated heterocycles. The number of rotatable bonds is 25. The fourth-order valence-electron chi connectivity index (χ4n) is 15.5. The Hall–Kier alpha value is -9.33. The van der Waals surface area contributed by atoms with Gasteiger partial charge in [-0.3, -0.25) is 74.1 Å². The van der Waals surface area contributed by atoms with E-state index in [1.807, 2.05) is 0 Å². The van der Waals surface area contributed by atoms with Crippen molar-refractivity contribution in [3.8, 4) is 5.88 Å². The summed E-state index contributed by atoms with van der Waals surface area (Å²) in [4.78, 5) is 208. The van der Waals surface area contributed by atoms with Crippen molar-refractivity contribution >= 4 is 132 Å². The second kappa shape index (κ2) is 45.1. The number of ether oxygens (including phenoxy) is 7. The first-order valence-corrected chi connectivity index (χ1v) is 51.5.